The minimum absolute atomic E-state index is 0.0874. The van der Waals surface area contributed by atoms with Gasteiger partial charge in [-0.25, -0.2) is 0 Å². The zero-order valence-corrected chi connectivity index (χ0v) is 11.2. The highest BCUT2D eigenvalue weighted by molar-refractivity contribution is 5.10. The van der Waals surface area contributed by atoms with Gasteiger partial charge in [0.15, 0.2) is 0 Å². The van der Waals surface area contributed by atoms with E-state index >= 15 is 0 Å². The van der Waals surface area contributed by atoms with Gasteiger partial charge in [0, 0.05) is 7.11 Å². The van der Waals surface area contributed by atoms with Gasteiger partial charge in [0.2, 0.25) is 0 Å². The summed E-state index contributed by atoms with van der Waals surface area (Å²) in [5.74, 6) is 1.04. The number of likely N-dealkylation sites (N-methyl/N-ethyl adjacent to an activating group) is 1. The van der Waals surface area contributed by atoms with Crippen molar-refractivity contribution in [3.8, 4) is 0 Å². The van der Waals surface area contributed by atoms with Crippen molar-refractivity contribution in [2.45, 2.75) is 45.8 Å². The number of hydrogen-bond acceptors (Lipinski definition) is 3. The lowest BCUT2D eigenvalue weighted by molar-refractivity contribution is -0.0165. The normalized spacial score (nSPS) is 20.9. The Morgan fingerprint density at radius 3 is 2.50 bits per heavy atom. The average molecular weight is 227 g/mol. The van der Waals surface area contributed by atoms with Gasteiger partial charge in [-0.05, 0) is 31.4 Å². The second-order valence-corrected chi connectivity index (χ2v) is 5.39. The highest BCUT2D eigenvalue weighted by atomic mass is 16.5. The molecule has 0 amide bonds. The lowest BCUT2D eigenvalue weighted by Gasteiger charge is -2.37. The van der Waals surface area contributed by atoms with E-state index in [1.807, 2.05) is 7.05 Å². The topological polar surface area (TPSA) is 30.5 Å². The Morgan fingerprint density at radius 2 is 2.12 bits per heavy atom. The minimum atomic E-state index is 0.0874. The summed E-state index contributed by atoms with van der Waals surface area (Å²) in [6.45, 7) is 7.39. The summed E-state index contributed by atoms with van der Waals surface area (Å²) in [6, 6.07) is 0.144. The zero-order chi connectivity index (χ0) is 12.2. The largest absolute Gasteiger partial charge is 0.496 e. The van der Waals surface area contributed by atoms with Crippen molar-refractivity contribution in [1.82, 2.24) is 5.32 Å². The van der Waals surface area contributed by atoms with Crippen molar-refractivity contribution in [2.24, 2.45) is 5.41 Å². The van der Waals surface area contributed by atoms with E-state index in [-0.39, 0.29) is 17.6 Å². The van der Waals surface area contributed by atoms with E-state index in [1.54, 1.807) is 7.11 Å². The van der Waals surface area contributed by atoms with Crippen LogP contribution in [0.25, 0.3) is 0 Å². The molecule has 0 saturated carbocycles. The first-order chi connectivity index (χ1) is 7.50. The van der Waals surface area contributed by atoms with Crippen molar-refractivity contribution in [1.29, 1.82) is 0 Å². The van der Waals surface area contributed by atoms with Crippen LogP contribution in [0.4, 0.5) is 0 Å². The first-order valence-corrected chi connectivity index (χ1v) is 6.03. The third-order valence-corrected chi connectivity index (χ3v) is 2.99. The molecule has 2 unspecified atom stereocenters. The Hall–Kier alpha value is -0.540. The predicted molar refractivity (Wildman–Crippen MR) is 66.4 cm³/mol. The molecule has 0 aromatic heterocycles. The molecule has 1 aliphatic rings. The van der Waals surface area contributed by atoms with Gasteiger partial charge in [0.25, 0.3) is 0 Å². The number of hydrogen-bond donors (Lipinski definition) is 1. The quantitative estimate of drug-likeness (QED) is 0.799. The summed E-state index contributed by atoms with van der Waals surface area (Å²) in [5, 5.41) is 3.31. The van der Waals surface area contributed by atoms with E-state index in [9.17, 15) is 0 Å². The molecule has 0 aliphatic carbocycles. The van der Waals surface area contributed by atoms with Gasteiger partial charge in [-0.2, -0.15) is 0 Å². The van der Waals surface area contributed by atoms with Gasteiger partial charge in [-0.15, -0.1) is 0 Å². The van der Waals surface area contributed by atoms with E-state index in [2.05, 4.69) is 32.2 Å². The van der Waals surface area contributed by atoms with Crippen LogP contribution in [-0.4, -0.2) is 32.9 Å². The van der Waals surface area contributed by atoms with Crippen LogP contribution in [0.3, 0.4) is 0 Å². The van der Waals surface area contributed by atoms with E-state index in [0.29, 0.717) is 0 Å². The summed E-state index contributed by atoms with van der Waals surface area (Å²) in [6.07, 6.45) is 4.52. The molecule has 0 bridgehead atoms. The second kappa shape index (κ2) is 5.69. The standard InChI is InChI=1S/C13H25NO2/c1-13(2,3)12(15-5)11(14-4)10-8-6-7-9-16-10/h8,11-12,14H,6-7,9H2,1-5H3. The zero-order valence-electron chi connectivity index (χ0n) is 11.2. The van der Waals surface area contributed by atoms with Crippen molar-refractivity contribution in [3.05, 3.63) is 11.8 Å². The summed E-state index contributed by atoms with van der Waals surface area (Å²) in [4.78, 5) is 0. The van der Waals surface area contributed by atoms with Crippen LogP contribution < -0.4 is 5.32 Å². The van der Waals surface area contributed by atoms with Gasteiger partial charge >= 0.3 is 0 Å². The summed E-state index contributed by atoms with van der Waals surface area (Å²) in [7, 11) is 3.73. The molecule has 0 aromatic rings. The molecule has 1 aliphatic heterocycles. The first kappa shape index (κ1) is 13.5. The van der Waals surface area contributed by atoms with Crippen LogP contribution in [0.2, 0.25) is 0 Å². The summed E-state index contributed by atoms with van der Waals surface area (Å²) >= 11 is 0. The number of allylic oxidation sites excluding steroid dienone is 1. The monoisotopic (exact) mass is 227 g/mol. The molecule has 0 radical (unpaired) electrons. The molecule has 3 nitrogen and oxygen atoms in total. The van der Waals surface area contributed by atoms with E-state index < -0.39 is 0 Å². The van der Waals surface area contributed by atoms with Gasteiger partial charge in [0.05, 0.1) is 18.8 Å². The molecular formula is C13H25NO2. The maximum Gasteiger partial charge on any atom is 0.112 e. The Kier molecular flexibility index (Phi) is 4.81. The number of nitrogens with one attached hydrogen (secondary N) is 1. The van der Waals surface area contributed by atoms with Gasteiger partial charge in [-0.1, -0.05) is 20.8 Å². The lowest BCUT2D eigenvalue weighted by Crippen LogP contribution is -2.48. The maximum atomic E-state index is 5.73. The molecule has 0 fully saturated rings. The van der Waals surface area contributed by atoms with Crippen molar-refractivity contribution in [3.63, 3.8) is 0 Å². The Balaban J connectivity index is 2.82. The molecule has 0 aromatic carbocycles. The fourth-order valence-corrected chi connectivity index (χ4v) is 2.23. The van der Waals surface area contributed by atoms with Gasteiger partial charge in [0.1, 0.15) is 5.76 Å². The molecule has 1 rings (SSSR count). The number of ether oxygens (including phenoxy) is 2. The van der Waals surface area contributed by atoms with Crippen molar-refractivity contribution < 1.29 is 9.47 Å². The minimum Gasteiger partial charge on any atom is -0.496 e. The van der Waals surface area contributed by atoms with Gasteiger partial charge < -0.3 is 14.8 Å². The van der Waals surface area contributed by atoms with Crippen LogP contribution in [0.15, 0.2) is 11.8 Å². The Labute approximate surface area is 99.2 Å². The lowest BCUT2D eigenvalue weighted by atomic mass is 9.83. The molecule has 1 heterocycles. The molecule has 0 spiro atoms. The first-order valence-electron chi connectivity index (χ1n) is 6.03. The summed E-state index contributed by atoms with van der Waals surface area (Å²) < 4.78 is 11.4. The molecule has 2 atom stereocenters. The fourth-order valence-electron chi connectivity index (χ4n) is 2.23. The van der Waals surface area contributed by atoms with E-state index in [1.165, 1.54) is 0 Å². The summed E-state index contributed by atoms with van der Waals surface area (Å²) in [5.41, 5.74) is 0.0874. The van der Waals surface area contributed by atoms with Crippen LogP contribution in [-0.2, 0) is 9.47 Å². The molecular weight excluding hydrogens is 202 g/mol. The molecule has 16 heavy (non-hydrogen) atoms. The van der Waals surface area contributed by atoms with Crippen molar-refractivity contribution in [2.75, 3.05) is 20.8 Å². The van der Waals surface area contributed by atoms with Crippen LogP contribution in [0.5, 0.6) is 0 Å². The van der Waals surface area contributed by atoms with E-state index in [0.717, 1.165) is 25.2 Å². The fraction of sp³-hybridized carbons (Fsp3) is 0.846. The van der Waals surface area contributed by atoms with Crippen LogP contribution >= 0.6 is 0 Å². The number of rotatable bonds is 4. The highest BCUT2D eigenvalue weighted by Gasteiger charge is 2.34. The highest BCUT2D eigenvalue weighted by Crippen LogP contribution is 2.29. The Bertz CT molecular complexity index is 243. The maximum absolute atomic E-state index is 5.73. The average Bonchev–Trinajstić information content (AvgIpc) is 2.25. The second-order valence-electron chi connectivity index (χ2n) is 5.39. The van der Waals surface area contributed by atoms with Crippen LogP contribution in [0, 0.1) is 5.41 Å². The molecule has 1 N–H and O–H groups in total. The van der Waals surface area contributed by atoms with Crippen molar-refractivity contribution >= 4 is 0 Å². The molecule has 3 heteroatoms. The SMILES string of the molecule is CNC(C1=CCCCO1)C(OC)C(C)(C)C. The van der Waals surface area contributed by atoms with Crippen LogP contribution in [0.1, 0.15) is 33.6 Å². The molecule has 94 valence electrons. The Morgan fingerprint density at radius 1 is 1.44 bits per heavy atom. The third kappa shape index (κ3) is 3.22. The smallest absolute Gasteiger partial charge is 0.112 e. The van der Waals surface area contributed by atoms with Gasteiger partial charge in [-0.3, -0.25) is 0 Å². The molecule has 0 saturated heterocycles. The van der Waals surface area contributed by atoms with E-state index in [4.69, 9.17) is 9.47 Å². The predicted octanol–water partition coefficient (Wildman–Crippen LogP) is 2.33. The third-order valence-electron chi connectivity index (χ3n) is 2.99. The number of methoxy groups -OCH3 is 1.